The van der Waals surface area contributed by atoms with Gasteiger partial charge in [0.2, 0.25) is 0 Å². The summed E-state index contributed by atoms with van der Waals surface area (Å²) in [6, 6.07) is 6.92. The van der Waals surface area contributed by atoms with Crippen molar-refractivity contribution in [3.63, 3.8) is 0 Å². The topological polar surface area (TPSA) is 66.2 Å². The highest BCUT2D eigenvalue weighted by Crippen LogP contribution is 2.13. The van der Waals surface area contributed by atoms with Gasteiger partial charge in [0.15, 0.2) is 5.82 Å². The number of hydrogen-bond donors (Lipinski definition) is 2. The van der Waals surface area contributed by atoms with E-state index in [1.54, 1.807) is 24.3 Å². The minimum atomic E-state index is -1.44. The Labute approximate surface area is 119 Å². The van der Waals surface area contributed by atoms with Gasteiger partial charge in [0, 0.05) is 18.0 Å². The highest BCUT2D eigenvalue weighted by molar-refractivity contribution is 6.58. The summed E-state index contributed by atoms with van der Waals surface area (Å²) in [5.74, 6) is 0.656. The molecule has 0 amide bonds. The van der Waals surface area contributed by atoms with E-state index in [9.17, 15) is 0 Å². The smallest absolute Gasteiger partial charge is 0.423 e. The van der Waals surface area contributed by atoms with Crippen LogP contribution in [0.1, 0.15) is 31.7 Å². The maximum atomic E-state index is 9.05. The van der Waals surface area contributed by atoms with Gasteiger partial charge in [-0.25, -0.2) is 9.97 Å². The molecule has 2 N–H and O–H groups in total. The Bertz CT molecular complexity index is 527. The molecule has 0 saturated carbocycles. The Morgan fingerprint density at radius 1 is 1.00 bits per heavy atom. The Kier molecular flexibility index (Phi) is 5.27. The average Bonchev–Trinajstić information content (AvgIpc) is 2.48. The van der Waals surface area contributed by atoms with E-state index in [4.69, 9.17) is 10.0 Å². The fourth-order valence-electron chi connectivity index (χ4n) is 2.02. The van der Waals surface area contributed by atoms with Gasteiger partial charge in [-0.2, -0.15) is 0 Å². The van der Waals surface area contributed by atoms with Crippen molar-refractivity contribution >= 4 is 12.6 Å². The van der Waals surface area contributed by atoms with E-state index < -0.39 is 7.12 Å². The second kappa shape index (κ2) is 7.17. The molecule has 0 saturated heterocycles. The molecule has 5 heteroatoms. The first kappa shape index (κ1) is 14.7. The second-order valence-corrected chi connectivity index (χ2v) is 4.87. The molecule has 1 heterocycles. The molecule has 1 aromatic carbocycles. The van der Waals surface area contributed by atoms with Crippen LogP contribution in [0.15, 0.2) is 36.7 Å². The van der Waals surface area contributed by atoms with Crippen molar-refractivity contribution in [2.45, 2.75) is 32.6 Å². The summed E-state index contributed by atoms with van der Waals surface area (Å²) in [6.45, 7) is 2.19. The molecule has 0 atom stereocenters. The van der Waals surface area contributed by atoms with Crippen LogP contribution in [-0.2, 0) is 6.42 Å². The molecular formula is C15H19BN2O2. The molecule has 0 spiro atoms. The summed E-state index contributed by atoms with van der Waals surface area (Å²) in [7, 11) is -1.44. The van der Waals surface area contributed by atoms with E-state index in [2.05, 4.69) is 16.9 Å². The summed E-state index contributed by atoms with van der Waals surface area (Å²) in [6.07, 6.45) is 8.36. The molecule has 2 aromatic rings. The number of nitrogens with zero attached hydrogens (tertiary/aromatic N) is 2. The number of aromatic nitrogens is 2. The highest BCUT2D eigenvalue weighted by Gasteiger charge is 2.10. The molecule has 0 radical (unpaired) electrons. The Balaban J connectivity index is 2.05. The first-order valence-corrected chi connectivity index (χ1v) is 6.98. The molecule has 104 valence electrons. The largest absolute Gasteiger partial charge is 0.488 e. The van der Waals surface area contributed by atoms with Crippen molar-refractivity contribution in [2.75, 3.05) is 0 Å². The van der Waals surface area contributed by atoms with Crippen molar-refractivity contribution in [1.82, 2.24) is 9.97 Å². The van der Waals surface area contributed by atoms with Gasteiger partial charge in [0.05, 0.1) is 0 Å². The molecule has 0 aliphatic heterocycles. The van der Waals surface area contributed by atoms with Crippen molar-refractivity contribution in [1.29, 1.82) is 0 Å². The van der Waals surface area contributed by atoms with Crippen LogP contribution in [0.2, 0.25) is 0 Å². The van der Waals surface area contributed by atoms with E-state index in [0.717, 1.165) is 17.5 Å². The minimum Gasteiger partial charge on any atom is -0.423 e. The van der Waals surface area contributed by atoms with E-state index in [1.165, 1.54) is 19.3 Å². The van der Waals surface area contributed by atoms with Gasteiger partial charge in [-0.15, -0.1) is 0 Å². The Morgan fingerprint density at radius 2 is 1.65 bits per heavy atom. The van der Waals surface area contributed by atoms with Crippen LogP contribution >= 0.6 is 0 Å². The maximum Gasteiger partial charge on any atom is 0.488 e. The van der Waals surface area contributed by atoms with Crippen molar-refractivity contribution in [3.8, 4) is 11.4 Å². The predicted molar refractivity (Wildman–Crippen MR) is 80.5 cm³/mol. The lowest BCUT2D eigenvalue weighted by Crippen LogP contribution is -2.29. The van der Waals surface area contributed by atoms with Gasteiger partial charge >= 0.3 is 7.12 Å². The van der Waals surface area contributed by atoms with Crippen LogP contribution in [0.25, 0.3) is 11.4 Å². The van der Waals surface area contributed by atoms with E-state index in [1.807, 2.05) is 12.4 Å². The number of aryl methyl sites for hydroxylation is 1. The number of benzene rings is 1. The third kappa shape index (κ3) is 3.89. The van der Waals surface area contributed by atoms with Crippen LogP contribution in [-0.4, -0.2) is 27.1 Å². The first-order valence-electron chi connectivity index (χ1n) is 6.98. The van der Waals surface area contributed by atoms with E-state index in [-0.39, 0.29) is 0 Å². The first-order chi connectivity index (χ1) is 9.70. The molecule has 1 aromatic heterocycles. The summed E-state index contributed by atoms with van der Waals surface area (Å²) in [4.78, 5) is 8.73. The molecule has 0 aliphatic rings. The van der Waals surface area contributed by atoms with Crippen LogP contribution < -0.4 is 5.46 Å². The van der Waals surface area contributed by atoms with Crippen LogP contribution in [0.4, 0.5) is 0 Å². The zero-order valence-electron chi connectivity index (χ0n) is 11.7. The summed E-state index contributed by atoms with van der Waals surface area (Å²) in [5.41, 5.74) is 2.49. The van der Waals surface area contributed by atoms with Crippen molar-refractivity contribution < 1.29 is 10.0 Å². The SMILES string of the molecule is CCCCCc1cnc(-c2ccc(B(O)O)cc2)nc1. The van der Waals surface area contributed by atoms with Gasteiger partial charge in [-0.05, 0) is 23.9 Å². The second-order valence-electron chi connectivity index (χ2n) is 4.87. The summed E-state index contributed by atoms with van der Waals surface area (Å²) < 4.78 is 0. The number of hydrogen-bond acceptors (Lipinski definition) is 4. The average molecular weight is 270 g/mol. The number of rotatable bonds is 6. The maximum absolute atomic E-state index is 9.05. The summed E-state index contributed by atoms with van der Waals surface area (Å²) >= 11 is 0. The van der Waals surface area contributed by atoms with Gasteiger partial charge < -0.3 is 10.0 Å². The van der Waals surface area contributed by atoms with Crippen molar-refractivity contribution in [2.24, 2.45) is 0 Å². The predicted octanol–water partition coefficient (Wildman–Crippen LogP) is 1.56. The fraction of sp³-hybridized carbons (Fsp3) is 0.333. The van der Waals surface area contributed by atoms with Crippen LogP contribution in [0, 0.1) is 0 Å². The van der Waals surface area contributed by atoms with Crippen molar-refractivity contribution in [3.05, 3.63) is 42.2 Å². The third-order valence-electron chi connectivity index (χ3n) is 3.24. The molecule has 0 bridgehead atoms. The fourth-order valence-corrected chi connectivity index (χ4v) is 2.02. The zero-order valence-corrected chi connectivity index (χ0v) is 11.7. The third-order valence-corrected chi connectivity index (χ3v) is 3.24. The normalized spacial score (nSPS) is 10.6. The van der Waals surface area contributed by atoms with E-state index >= 15 is 0 Å². The summed E-state index contributed by atoms with van der Waals surface area (Å²) in [5, 5.41) is 18.1. The lowest BCUT2D eigenvalue weighted by molar-refractivity contribution is 0.426. The van der Waals surface area contributed by atoms with E-state index in [0.29, 0.717) is 11.3 Å². The molecular weight excluding hydrogens is 251 g/mol. The molecule has 2 rings (SSSR count). The highest BCUT2D eigenvalue weighted by atomic mass is 16.4. The Morgan fingerprint density at radius 3 is 2.20 bits per heavy atom. The monoisotopic (exact) mass is 270 g/mol. The lowest BCUT2D eigenvalue weighted by Gasteiger charge is -2.04. The Hall–Kier alpha value is -1.72. The molecule has 0 unspecified atom stereocenters. The van der Waals surface area contributed by atoms with Crippen LogP contribution in [0.5, 0.6) is 0 Å². The quantitative estimate of drug-likeness (QED) is 0.617. The number of unbranched alkanes of at least 4 members (excludes halogenated alkanes) is 2. The van der Waals surface area contributed by atoms with Crippen LogP contribution in [0.3, 0.4) is 0 Å². The molecule has 0 aliphatic carbocycles. The van der Waals surface area contributed by atoms with Gasteiger partial charge in [-0.3, -0.25) is 0 Å². The minimum absolute atomic E-state index is 0.463. The lowest BCUT2D eigenvalue weighted by atomic mass is 9.80. The molecule has 4 nitrogen and oxygen atoms in total. The van der Waals surface area contributed by atoms with Gasteiger partial charge in [0.25, 0.3) is 0 Å². The molecule has 0 fully saturated rings. The van der Waals surface area contributed by atoms with Gasteiger partial charge in [0.1, 0.15) is 0 Å². The standard InChI is InChI=1S/C15H19BN2O2/c1-2-3-4-5-12-10-17-15(18-11-12)13-6-8-14(9-7-13)16(19)20/h6-11,19-20H,2-5H2,1H3. The molecule has 20 heavy (non-hydrogen) atoms. The zero-order chi connectivity index (χ0) is 14.4. The van der Waals surface area contributed by atoms with Gasteiger partial charge in [-0.1, -0.05) is 44.0 Å².